The Morgan fingerprint density at radius 3 is 2.62 bits per heavy atom. The van der Waals surface area contributed by atoms with Crippen LogP contribution in [0.15, 0.2) is 55.0 Å². The average Bonchev–Trinajstić information content (AvgIpc) is 2.60. The maximum atomic E-state index is 13.1. The highest BCUT2D eigenvalue weighted by Crippen LogP contribution is 2.30. The lowest BCUT2D eigenvalue weighted by molar-refractivity contribution is 0.306. The molecule has 3 rings (SSSR count). The van der Waals surface area contributed by atoms with Crippen molar-refractivity contribution in [2.75, 3.05) is 0 Å². The van der Waals surface area contributed by atoms with Crippen LogP contribution in [0, 0.1) is 17.1 Å². The number of benzene rings is 1. The summed E-state index contributed by atoms with van der Waals surface area (Å²) in [5.74, 6) is 0.154. The zero-order valence-corrected chi connectivity index (χ0v) is 13.2. The van der Waals surface area contributed by atoms with Gasteiger partial charge in [-0.15, -0.1) is 0 Å². The van der Waals surface area contributed by atoms with Gasteiger partial charge in [-0.25, -0.2) is 9.37 Å². The van der Waals surface area contributed by atoms with Crippen LogP contribution in [-0.2, 0) is 6.61 Å². The SMILES string of the molecule is N#Cc1cc(-c2ccc(F)cc2)c(OCc2cncc(Cl)c2)cn1. The summed E-state index contributed by atoms with van der Waals surface area (Å²) in [5, 5.41) is 9.57. The van der Waals surface area contributed by atoms with Crippen molar-refractivity contribution in [3.63, 3.8) is 0 Å². The van der Waals surface area contributed by atoms with E-state index < -0.39 is 0 Å². The fourth-order valence-electron chi connectivity index (χ4n) is 2.17. The van der Waals surface area contributed by atoms with Gasteiger partial charge in [0.15, 0.2) is 0 Å². The maximum absolute atomic E-state index is 13.1. The van der Waals surface area contributed by atoms with Crippen LogP contribution in [0.5, 0.6) is 5.75 Å². The van der Waals surface area contributed by atoms with Gasteiger partial charge < -0.3 is 4.74 Å². The first-order valence-electron chi connectivity index (χ1n) is 7.04. The molecule has 0 saturated heterocycles. The molecular weight excluding hydrogens is 329 g/mol. The summed E-state index contributed by atoms with van der Waals surface area (Å²) < 4.78 is 18.9. The van der Waals surface area contributed by atoms with Crippen molar-refractivity contribution < 1.29 is 9.13 Å². The molecule has 0 bridgehead atoms. The third kappa shape index (κ3) is 3.67. The van der Waals surface area contributed by atoms with Gasteiger partial charge in [0.05, 0.1) is 11.2 Å². The van der Waals surface area contributed by atoms with Crippen molar-refractivity contribution in [2.24, 2.45) is 0 Å². The third-order valence-corrected chi connectivity index (χ3v) is 3.50. The lowest BCUT2D eigenvalue weighted by atomic mass is 10.1. The van der Waals surface area contributed by atoms with Crippen LogP contribution >= 0.6 is 11.6 Å². The molecule has 118 valence electrons. The molecule has 0 aliphatic carbocycles. The van der Waals surface area contributed by atoms with Crippen LogP contribution in [0.25, 0.3) is 11.1 Å². The number of hydrogen-bond acceptors (Lipinski definition) is 4. The van der Waals surface area contributed by atoms with Crippen LogP contribution in [-0.4, -0.2) is 9.97 Å². The number of halogens is 2. The number of aromatic nitrogens is 2. The summed E-state index contributed by atoms with van der Waals surface area (Å²) in [6.45, 7) is 0.245. The van der Waals surface area contributed by atoms with Crippen molar-refractivity contribution in [3.8, 4) is 22.9 Å². The van der Waals surface area contributed by atoms with Crippen molar-refractivity contribution in [3.05, 3.63) is 77.1 Å². The van der Waals surface area contributed by atoms with Gasteiger partial charge in [0.25, 0.3) is 0 Å². The molecule has 3 aromatic rings. The molecule has 0 unspecified atom stereocenters. The first kappa shape index (κ1) is 15.9. The van der Waals surface area contributed by atoms with Gasteiger partial charge in [0, 0.05) is 23.5 Å². The minimum absolute atomic E-state index is 0.245. The molecule has 0 saturated carbocycles. The van der Waals surface area contributed by atoms with Gasteiger partial charge in [0.1, 0.15) is 29.9 Å². The Bertz CT molecular complexity index is 907. The second-order valence-corrected chi connectivity index (χ2v) is 5.42. The number of nitrogens with zero attached hydrogens (tertiary/aromatic N) is 3. The largest absolute Gasteiger partial charge is 0.487 e. The van der Waals surface area contributed by atoms with E-state index in [0.29, 0.717) is 16.3 Å². The standard InChI is InChI=1S/C18H11ClFN3O/c19-14-5-12(8-22-9-14)11-24-18-10-23-16(7-21)6-17(18)13-1-3-15(20)4-2-13/h1-6,8-10H,11H2. The van der Waals surface area contributed by atoms with E-state index in [9.17, 15) is 4.39 Å². The van der Waals surface area contributed by atoms with E-state index in [4.69, 9.17) is 21.6 Å². The average molecular weight is 340 g/mol. The van der Waals surface area contributed by atoms with Gasteiger partial charge in [-0.05, 0) is 29.8 Å². The highest BCUT2D eigenvalue weighted by molar-refractivity contribution is 6.30. The van der Waals surface area contributed by atoms with E-state index in [-0.39, 0.29) is 18.1 Å². The Kier molecular flexibility index (Phi) is 4.69. The predicted octanol–water partition coefficient (Wildman–Crippen LogP) is 4.39. The maximum Gasteiger partial charge on any atom is 0.146 e. The molecule has 0 amide bonds. The highest BCUT2D eigenvalue weighted by atomic mass is 35.5. The first-order valence-corrected chi connectivity index (χ1v) is 7.42. The Morgan fingerprint density at radius 1 is 1.12 bits per heavy atom. The highest BCUT2D eigenvalue weighted by Gasteiger charge is 2.10. The molecule has 1 aromatic carbocycles. The van der Waals surface area contributed by atoms with Crippen LogP contribution in [0.1, 0.15) is 11.3 Å². The zero-order chi connectivity index (χ0) is 16.9. The molecular formula is C18H11ClFN3O. The summed E-state index contributed by atoms with van der Waals surface area (Å²) in [6, 6.07) is 11.3. The number of nitriles is 1. The quantitative estimate of drug-likeness (QED) is 0.707. The summed E-state index contributed by atoms with van der Waals surface area (Å²) in [4.78, 5) is 8.03. The van der Waals surface area contributed by atoms with Gasteiger partial charge >= 0.3 is 0 Å². The minimum atomic E-state index is -0.333. The third-order valence-electron chi connectivity index (χ3n) is 3.29. The minimum Gasteiger partial charge on any atom is -0.487 e. The molecule has 0 aliphatic rings. The molecule has 6 heteroatoms. The Hall–Kier alpha value is -2.97. The van der Waals surface area contributed by atoms with Crippen LogP contribution < -0.4 is 4.74 Å². The molecule has 0 N–H and O–H groups in total. The number of hydrogen-bond donors (Lipinski definition) is 0. The summed E-state index contributed by atoms with van der Waals surface area (Å²) in [5.41, 5.74) is 2.45. The van der Waals surface area contributed by atoms with Crippen LogP contribution in [0.4, 0.5) is 4.39 Å². The van der Waals surface area contributed by atoms with E-state index in [2.05, 4.69) is 9.97 Å². The Morgan fingerprint density at radius 2 is 1.92 bits per heavy atom. The molecule has 2 aromatic heterocycles. The number of rotatable bonds is 4. The van der Waals surface area contributed by atoms with Gasteiger partial charge in [-0.3, -0.25) is 4.98 Å². The molecule has 2 heterocycles. The lowest BCUT2D eigenvalue weighted by Gasteiger charge is -2.12. The smallest absolute Gasteiger partial charge is 0.146 e. The van der Waals surface area contributed by atoms with Crippen molar-refractivity contribution in [1.29, 1.82) is 5.26 Å². The van der Waals surface area contributed by atoms with E-state index in [1.54, 1.807) is 30.5 Å². The number of ether oxygens (including phenoxy) is 1. The second kappa shape index (κ2) is 7.07. The Balaban J connectivity index is 1.92. The topological polar surface area (TPSA) is 58.8 Å². The molecule has 0 atom stereocenters. The van der Waals surface area contributed by atoms with E-state index in [0.717, 1.165) is 11.1 Å². The fourth-order valence-corrected chi connectivity index (χ4v) is 2.37. The molecule has 24 heavy (non-hydrogen) atoms. The normalized spacial score (nSPS) is 10.2. The van der Waals surface area contributed by atoms with E-state index in [1.807, 2.05) is 6.07 Å². The van der Waals surface area contributed by atoms with Gasteiger partial charge in [-0.1, -0.05) is 23.7 Å². The molecule has 0 spiro atoms. The summed E-state index contributed by atoms with van der Waals surface area (Å²) >= 11 is 5.91. The summed E-state index contributed by atoms with van der Waals surface area (Å²) in [7, 11) is 0. The molecule has 0 fully saturated rings. The van der Waals surface area contributed by atoms with Crippen molar-refractivity contribution in [2.45, 2.75) is 6.61 Å². The summed E-state index contributed by atoms with van der Waals surface area (Å²) in [6.07, 6.45) is 4.67. The van der Waals surface area contributed by atoms with E-state index >= 15 is 0 Å². The van der Waals surface area contributed by atoms with Gasteiger partial charge in [0.2, 0.25) is 0 Å². The van der Waals surface area contributed by atoms with Crippen LogP contribution in [0.2, 0.25) is 5.02 Å². The molecule has 4 nitrogen and oxygen atoms in total. The van der Waals surface area contributed by atoms with Crippen molar-refractivity contribution in [1.82, 2.24) is 9.97 Å². The fraction of sp³-hybridized carbons (Fsp3) is 0.0556. The monoisotopic (exact) mass is 339 g/mol. The van der Waals surface area contributed by atoms with E-state index in [1.165, 1.54) is 24.5 Å². The van der Waals surface area contributed by atoms with Crippen molar-refractivity contribution >= 4 is 11.6 Å². The number of pyridine rings is 2. The molecule has 0 aliphatic heterocycles. The van der Waals surface area contributed by atoms with Crippen LogP contribution in [0.3, 0.4) is 0 Å². The zero-order valence-electron chi connectivity index (χ0n) is 12.4. The molecule has 0 radical (unpaired) electrons. The second-order valence-electron chi connectivity index (χ2n) is 4.98. The Labute approximate surface area is 143 Å². The van der Waals surface area contributed by atoms with Gasteiger partial charge in [-0.2, -0.15) is 5.26 Å². The predicted molar refractivity (Wildman–Crippen MR) is 87.9 cm³/mol. The first-order chi connectivity index (χ1) is 11.7. The lowest BCUT2D eigenvalue weighted by Crippen LogP contribution is -1.99.